The van der Waals surface area contributed by atoms with Crippen LogP contribution in [0.3, 0.4) is 0 Å². The highest BCUT2D eigenvalue weighted by atomic mass is 16.5. The fraction of sp³-hybridized carbons (Fsp3) is 0.273. The zero-order valence-corrected chi connectivity index (χ0v) is 16.4. The molecular weight excluding hydrogens is 338 g/mol. The molecule has 0 unspecified atom stereocenters. The summed E-state index contributed by atoms with van der Waals surface area (Å²) in [6.45, 7) is 7.92. The highest BCUT2D eigenvalue weighted by molar-refractivity contribution is 5.92. The molecule has 2 heterocycles. The van der Waals surface area contributed by atoms with Gasteiger partial charge < -0.3 is 9.42 Å². The molecule has 0 spiro atoms. The van der Waals surface area contributed by atoms with Gasteiger partial charge in [-0.25, -0.2) is 0 Å². The third kappa shape index (κ3) is 3.87. The van der Waals surface area contributed by atoms with Gasteiger partial charge in [-0.1, -0.05) is 35.5 Å². The molecule has 2 aromatic heterocycles. The lowest BCUT2D eigenvalue weighted by Crippen LogP contribution is -2.27. The van der Waals surface area contributed by atoms with E-state index in [1.165, 1.54) is 0 Å². The molecule has 0 aliphatic carbocycles. The fourth-order valence-corrected chi connectivity index (χ4v) is 3.19. The number of amides is 1. The van der Waals surface area contributed by atoms with Crippen LogP contribution >= 0.6 is 0 Å². The van der Waals surface area contributed by atoms with Crippen LogP contribution in [0.4, 0.5) is 0 Å². The predicted molar refractivity (Wildman–Crippen MR) is 107 cm³/mol. The average molecular weight is 363 g/mol. The number of aromatic nitrogens is 2. The van der Waals surface area contributed by atoms with E-state index in [1.54, 1.807) is 11.0 Å². The summed E-state index contributed by atoms with van der Waals surface area (Å²) in [5.74, 6) is 1.48. The number of carbonyl (C=O) groups is 1. The van der Waals surface area contributed by atoms with Gasteiger partial charge in [-0.05, 0) is 51.0 Å². The molecule has 3 aromatic rings. The average Bonchev–Trinajstić information content (AvgIpc) is 3.21. The van der Waals surface area contributed by atoms with E-state index in [4.69, 9.17) is 4.52 Å². The Balaban J connectivity index is 1.79. The summed E-state index contributed by atoms with van der Waals surface area (Å²) in [6, 6.07) is 14.0. The highest BCUT2D eigenvalue weighted by Crippen LogP contribution is 2.22. The fourth-order valence-electron chi connectivity index (χ4n) is 3.19. The van der Waals surface area contributed by atoms with Crippen molar-refractivity contribution in [2.45, 2.75) is 33.7 Å². The van der Waals surface area contributed by atoms with Crippen molar-refractivity contribution < 1.29 is 9.32 Å². The molecule has 140 valence electrons. The molecule has 0 bridgehead atoms. The summed E-state index contributed by atoms with van der Waals surface area (Å²) in [4.78, 5) is 14.4. The first kappa shape index (κ1) is 18.7. The Morgan fingerprint density at radius 3 is 2.52 bits per heavy atom. The number of rotatable bonds is 5. The number of hydrogen-bond donors (Lipinski definition) is 0. The van der Waals surface area contributed by atoms with Gasteiger partial charge >= 0.3 is 0 Å². The first-order valence-corrected chi connectivity index (χ1v) is 9.01. The van der Waals surface area contributed by atoms with Crippen LogP contribution in [-0.2, 0) is 4.79 Å². The molecule has 0 N–H and O–H groups in total. The van der Waals surface area contributed by atoms with Gasteiger partial charge in [-0.3, -0.25) is 9.36 Å². The van der Waals surface area contributed by atoms with E-state index in [-0.39, 0.29) is 11.9 Å². The van der Waals surface area contributed by atoms with Gasteiger partial charge in [0.1, 0.15) is 5.76 Å². The Bertz CT molecular complexity index is 967. The molecular formula is C22H25N3O2. The number of likely N-dealkylation sites (N-methyl/N-ethyl adjacent to an activating group) is 1. The summed E-state index contributed by atoms with van der Waals surface area (Å²) in [7, 11) is 1.83. The minimum atomic E-state index is -0.0339. The van der Waals surface area contributed by atoms with Crippen LogP contribution in [0.15, 0.2) is 53.1 Å². The molecule has 0 aliphatic rings. The molecule has 27 heavy (non-hydrogen) atoms. The summed E-state index contributed by atoms with van der Waals surface area (Å²) in [5.41, 5.74) is 4.16. The molecule has 1 aromatic carbocycles. The molecule has 0 aliphatic heterocycles. The van der Waals surface area contributed by atoms with E-state index in [0.717, 1.165) is 34.1 Å². The monoisotopic (exact) mass is 363 g/mol. The summed E-state index contributed by atoms with van der Waals surface area (Å²) < 4.78 is 7.21. The first-order chi connectivity index (χ1) is 12.9. The van der Waals surface area contributed by atoms with Gasteiger partial charge in [-0.2, -0.15) is 0 Å². The van der Waals surface area contributed by atoms with E-state index >= 15 is 0 Å². The van der Waals surface area contributed by atoms with Gasteiger partial charge in [0.2, 0.25) is 5.91 Å². The maximum atomic E-state index is 12.6. The summed E-state index contributed by atoms with van der Waals surface area (Å²) in [6.07, 6.45) is 3.49. The lowest BCUT2D eigenvalue weighted by atomic mass is 10.1. The largest absolute Gasteiger partial charge is 0.360 e. The molecule has 5 nitrogen and oxygen atoms in total. The van der Waals surface area contributed by atoms with Crippen molar-refractivity contribution in [2.75, 3.05) is 7.05 Å². The number of hydrogen-bond acceptors (Lipinski definition) is 3. The maximum absolute atomic E-state index is 12.6. The number of nitrogens with zero attached hydrogens (tertiary/aromatic N) is 3. The maximum Gasteiger partial charge on any atom is 0.246 e. The van der Waals surface area contributed by atoms with E-state index in [1.807, 2.05) is 87.9 Å². The van der Waals surface area contributed by atoms with Crippen LogP contribution in [0.1, 0.15) is 41.2 Å². The first-order valence-electron chi connectivity index (χ1n) is 9.01. The molecule has 5 heteroatoms. The standard InChI is InChI=1S/C22H25N3O2/c1-15-13-20(18(4)25(15)21-14-16(2)27-23-21)11-12-22(26)24(5)17(3)19-9-7-6-8-10-19/h6-14,17H,1-5H3/b12-11+/t17-/m1/s1. The van der Waals surface area contributed by atoms with Crippen molar-refractivity contribution in [3.05, 3.63) is 76.8 Å². The molecule has 3 rings (SSSR count). The topological polar surface area (TPSA) is 51.3 Å². The van der Waals surface area contributed by atoms with Gasteiger partial charge in [-0.15, -0.1) is 0 Å². The van der Waals surface area contributed by atoms with Crippen LogP contribution < -0.4 is 0 Å². The lowest BCUT2D eigenvalue weighted by Gasteiger charge is -2.24. The Morgan fingerprint density at radius 2 is 1.89 bits per heavy atom. The van der Waals surface area contributed by atoms with E-state index in [9.17, 15) is 4.79 Å². The predicted octanol–water partition coefficient (Wildman–Crippen LogP) is 4.62. The Hall–Kier alpha value is -3.08. The van der Waals surface area contributed by atoms with Crippen molar-refractivity contribution in [1.82, 2.24) is 14.6 Å². The second-order valence-electron chi connectivity index (χ2n) is 6.83. The molecule has 1 amide bonds. The summed E-state index contributed by atoms with van der Waals surface area (Å²) in [5, 5.41) is 4.09. The van der Waals surface area contributed by atoms with Crippen molar-refractivity contribution in [3.8, 4) is 5.82 Å². The molecule has 0 saturated heterocycles. The van der Waals surface area contributed by atoms with Crippen molar-refractivity contribution in [3.63, 3.8) is 0 Å². The smallest absolute Gasteiger partial charge is 0.246 e. The Kier molecular flexibility index (Phi) is 5.31. The third-order valence-corrected chi connectivity index (χ3v) is 4.93. The molecule has 0 radical (unpaired) electrons. The number of aryl methyl sites for hydroxylation is 2. The van der Waals surface area contributed by atoms with Crippen molar-refractivity contribution >= 4 is 12.0 Å². The van der Waals surface area contributed by atoms with Gasteiger partial charge in [0.05, 0.1) is 6.04 Å². The molecule has 0 fully saturated rings. The lowest BCUT2D eigenvalue weighted by molar-refractivity contribution is -0.126. The summed E-state index contributed by atoms with van der Waals surface area (Å²) >= 11 is 0. The zero-order valence-electron chi connectivity index (χ0n) is 16.4. The second-order valence-corrected chi connectivity index (χ2v) is 6.83. The van der Waals surface area contributed by atoms with Crippen molar-refractivity contribution in [1.29, 1.82) is 0 Å². The number of carbonyl (C=O) groups excluding carboxylic acids is 1. The number of benzene rings is 1. The normalized spacial score (nSPS) is 12.5. The van der Waals surface area contributed by atoms with Gasteiger partial charge in [0.25, 0.3) is 0 Å². The third-order valence-electron chi connectivity index (χ3n) is 4.93. The van der Waals surface area contributed by atoms with Crippen LogP contribution in [0.2, 0.25) is 0 Å². The van der Waals surface area contributed by atoms with E-state index < -0.39 is 0 Å². The molecule has 1 atom stereocenters. The van der Waals surface area contributed by atoms with Crippen molar-refractivity contribution in [2.24, 2.45) is 0 Å². The quantitative estimate of drug-likeness (QED) is 0.621. The second kappa shape index (κ2) is 7.66. The SMILES string of the molecule is Cc1cc(-n2c(C)cc(/C=C/C(=O)N(C)[C@H](C)c3ccccc3)c2C)no1. The van der Waals surface area contributed by atoms with E-state index in [0.29, 0.717) is 0 Å². The minimum absolute atomic E-state index is 0.00823. The Labute approximate surface area is 159 Å². The van der Waals surface area contributed by atoms with E-state index in [2.05, 4.69) is 5.16 Å². The van der Waals surface area contributed by atoms with Crippen LogP contribution in [0.5, 0.6) is 0 Å². The van der Waals surface area contributed by atoms with Gasteiger partial charge in [0, 0.05) is 30.6 Å². The van der Waals surface area contributed by atoms with Crippen LogP contribution in [0.25, 0.3) is 11.9 Å². The van der Waals surface area contributed by atoms with Crippen LogP contribution in [-0.4, -0.2) is 27.6 Å². The Morgan fingerprint density at radius 1 is 1.19 bits per heavy atom. The van der Waals surface area contributed by atoms with Crippen LogP contribution in [0, 0.1) is 20.8 Å². The molecule has 0 saturated carbocycles. The minimum Gasteiger partial charge on any atom is -0.360 e. The zero-order chi connectivity index (χ0) is 19.6. The van der Waals surface area contributed by atoms with Gasteiger partial charge in [0.15, 0.2) is 5.82 Å². The highest BCUT2D eigenvalue weighted by Gasteiger charge is 2.16.